The smallest absolute Gasteiger partial charge is 0.0771 e. The van der Waals surface area contributed by atoms with Crippen molar-refractivity contribution in [1.29, 1.82) is 0 Å². The van der Waals surface area contributed by atoms with Crippen molar-refractivity contribution in [1.82, 2.24) is 0 Å². The summed E-state index contributed by atoms with van der Waals surface area (Å²) in [5.74, 6) is 0.330. The molecule has 1 aliphatic rings. The molecule has 1 heterocycles. The molecule has 2 unspecified atom stereocenters. The molecule has 0 bridgehead atoms. The highest BCUT2D eigenvalue weighted by molar-refractivity contribution is 4.90. The summed E-state index contributed by atoms with van der Waals surface area (Å²) in [4.78, 5) is 0. The second-order valence-corrected chi connectivity index (χ2v) is 2.64. The number of aliphatic hydroxyl groups is 1. The molecule has 1 N–H and O–H groups in total. The number of rotatable bonds is 2. The van der Waals surface area contributed by atoms with Crippen molar-refractivity contribution in [2.24, 2.45) is 5.92 Å². The van der Waals surface area contributed by atoms with Crippen LogP contribution >= 0.6 is 0 Å². The van der Waals surface area contributed by atoms with Crippen molar-refractivity contribution >= 4 is 0 Å². The zero-order valence-corrected chi connectivity index (χ0v) is 6.29. The summed E-state index contributed by atoms with van der Waals surface area (Å²) < 4.78 is 5.13. The first-order valence-electron chi connectivity index (χ1n) is 3.73. The van der Waals surface area contributed by atoms with E-state index in [0.29, 0.717) is 12.5 Å². The third-order valence-electron chi connectivity index (χ3n) is 1.84. The lowest BCUT2D eigenvalue weighted by Crippen LogP contribution is -2.17. The highest BCUT2D eigenvalue weighted by atomic mass is 16.5. The molecule has 1 rings (SSSR count). The minimum Gasteiger partial charge on any atom is -0.389 e. The van der Waals surface area contributed by atoms with E-state index < -0.39 is 0 Å². The molecular formula is C8H14O2. The first-order valence-corrected chi connectivity index (χ1v) is 3.73. The van der Waals surface area contributed by atoms with Gasteiger partial charge in [0.1, 0.15) is 0 Å². The Bertz CT molecular complexity index is 114. The molecule has 0 aromatic carbocycles. The summed E-state index contributed by atoms with van der Waals surface area (Å²) in [6.45, 7) is 3.43. The van der Waals surface area contributed by atoms with Crippen LogP contribution in [0.2, 0.25) is 0 Å². The van der Waals surface area contributed by atoms with Crippen molar-refractivity contribution < 1.29 is 9.84 Å². The first-order chi connectivity index (χ1) is 4.84. The molecule has 0 amide bonds. The summed E-state index contributed by atoms with van der Waals surface area (Å²) in [5.41, 5.74) is 0. The maximum atomic E-state index is 9.38. The largest absolute Gasteiger partial charge is 0.389 e. The monoisotopic (exact) mass is 142 g/mol. The molecule has 2 nitrogen and oxygen atoms in total. The molecule has 0 radical (unpaired) electrons. The van der Waals surface area contributed by atoms with Gasteiger partial charge in [-0.15, -0.1) is 0 Å². The van der Waals surface area contributed by atoms with E-state index in [1.54, 1.807) is 0 Å². The molecule has 2 atom stereocenters. The van der Waals surface area contributed by atoms with Crippen LogP contribution < -0.4 is 0 Å². The Morgan fingerprint density at radius 3 is 3.00 bits per heavy atom. The summed E-state index contributed by atoms with van der Waals surface area (Å²) in [6, 6.07) is 0. The molecule has 0 aromatic rings. The molecule has 58 valence electrons. The van der Waals surface area contributed by atoms with Crippen LogP contribution in [-0.2, 0) is 4.74 Å². The van der Waals surface area contributed by atoms with Crippen LogP contribution in [-0.4, -0.2) is 24.4 Å². The average molecular weight is 142 g/mol. The molecule has 10 heavy (non-hydrogen) atoms. The molecule has 0 aliphatic carbocycles. The Morgan fingerprint density at radius 2 is 2.50 bits per heavy atom. The summed E-state index contributed by atoms with van der Waals surface area (Å²) >= 11 is 0. The number of aliphatic hydroxyl groups excluding tert-OH is 1. The zero-order valence-electron chi connectivity index (χ0n) is 6.29. The fraction of sp³-hybridized carbons (Fsp3) is 0.750. The van der Waals surface area contributed by atoms with Gasteiger partial charge in [-0.2, -0.15) is 0 Å². The van der Waals surface area contributed by atoms with Gasteiger partial charge in [0.2, 0.25) is 0 Å². The number of hydrogen-bond donors (Lipinski definition) is 1. The normalized spacial score (nSPS) is 29.6. The minimum absolute atomic E-state index is 0.299. The highest BCUT2D eigenvalue weighted by Crippen LogP contribution is 2.16. The third kappa shape index (κ3) is 1.82. The second-order valence-electron chi connectivity index (χ2n) is 2.64. The fourth-order valence-corrected chi connectivity index (χ4v) is 1.18. The molecule has 0 saturated carbocycles. The van der Waals surface area contributed by atoms with Gasteiger partial charge in [0.25, 0.3) is 0 Å². The van der Waals surface area contributed by atoms with Crippen molar-refractivity contribution in [3.05, 3.63) is 12.2 Å². The number of ether oxygens (including phenoxy) is 1. The van der Waals surface area contributed by atoms with Gasteiger partial charge in [0.05, 0.1) is 12.7 Å². The van der Waals surface area contributed by atoms with E-state index in [2.05, 4.69) is 0 Å². The molecule has 2 heteroatoms. The Hall–Kier alpha value is -0.340. The molecular weight excluding hydrogens is 128 g/mol. The molecule has 1 saturated heterocycles. The number of allylic oxidation sites excluding steroid dienone is 1. The maximum Gasteiger partial charge on any atom is 0.0771 e. The van der Waals surface area contributed by atoms with Crippen LogP contribution in [0.3, 0.4) is 0 Å². The van der Waals surface area contributed by atoms with E-state index >= 15 is 0 Å². The lowest BCUT2D eigenvalue weighted by Gasteiger charge is -2.10. The van der Waals surface area contributed by atoms with Gasteiger partial charge in [0, 0.05) is 12.5 Å². The lowest BCUT2D eigenvalue weighted by atomic mass is 10.0. The van der Waals surface area contributed by atoms with E-state index in [1.807, 2.05) is 19.1 Å². The Kier molecular flexibility index (Phi) is 2.90. The van der Waals surface area contributed by atoms with Crippen molar-refractivity contribution in [2.75, 3.05) is 13.2 Å². The first kappa shape index (κ1) is 7.76. The van der Waals surface area contributed by atoms with Crippen molar-refractivity contribution in [3.8, 4) is 0 Å². The van der Waals surface area contributed by atoms with E-state index in [4.69, 9.17) is 4.74 Å². The van der Waals surface area contributed by atoms with Crippen LogP contribution in [0, 0.1) is 5.92 Å². The topological polar surface area (TPSA) is 29.5 Å². The average Bonchev–Trinajstić information content (AvgIpc) is 2.38. The van der Waals surface area contributed by atoms with Gasteiger partial charge in [0.15, 0.2) is 0 Å². The van der Waals surface area contributed by atoms with E-state index in [9.17, 15) is 5.11 Å². The second kappa shape index (κ2) is 3.74. The molecule has 0 spiro atoms. The number of hydrogen-bond acceptors (Lipinski definition) is 2. The third-order valence-corrected chi connectivity index (χ3v) is 1.84. The molecule has 1 aliphatic heterocycles. The van der Waals surface area contributed by atoms with Gasteiger partial charge >= 0.3 is 0 Å². The van der Waals surface area contributed by atoms with Crippen LogP contribution in [0.15, 0.2) is 12.2 Å². The van der Waals surface area contributed by atoms with Crippen LogP contribution in [0.4, 0.5) is 0 Å². The van der Waals surface area contributed by atoms with Crippen molar-refractivity contribution in [3.63, 3.8) is 0 Å². The van der Waals surface area contributed by atoms with Crippen molar-refractivity contribution in [2.45, 2.75) is 19.4 Å². The molecule has 0 aromatic heterocycles. The Morgan fingerprint density at radius 1 is 1.70 bits per heavy atom. The standard InChI is InChI=1S/C8H14O2/c1-2-3-8(9)7-4-5-10-6-7/h2-3,7-9H,4-6H2,1H3. The quantitative estimate of drug-likeness (QED) is 0.582. The van der Waals surface area contributed by atoms with Gasteiger partial charge in [-0.05, 0) is 13.3 Å². The van der Waals surface area contributed by atoms with Crippen LogP contribution in [0.25, 0.3) is 0 Å². The zero-order chi connectivity index (χ0) is 7.40. The summed E-state index contributed by atoms with van der Waals surface area (Å²) in [5, 5.41) is 9.38. The van der Waals surface area contributed by atoms with Gasteiger partial charge in [-0.3, -0.25) is 0 Å². The van der Waals surface area contributed by atoms with Gasteiger partial charge < -0.3 is 9.84 Å². The maximum absolute atomic E-state index is 9.38. The van der Waals surface area contributed by atoms with Gasteiger partial charge in [-0.1, -0.05) is 12.2 Å². The van der Waals surface area contributed by atoms with Crippen LogP contribution in [0.5, 0.6) is 0 Å². The van der Waals surface area contributed by atoms with E-state index in [1.165, 1.54) is 0 Å². The van der Waals surface area contributed by atoms with E-state index in [-0.39, 0.29) is 6.10 Å². The Labute approximate surface area is 61.5 Å². The Balaban J connectivity index is 2.32. The van der Waals surface area contributed by atoms with E-state index in [0.717, 1.165) is 13.0 Å². The fourth-order valence-electron chi connectivity index (χ4n) is 1.18. The SMILES string of the molecule is CC=CC(O)C1CCOC1. The van der Waals surface area contributed by atoms with Crippen LogP contribution in [0.1, 0.15) is 13.3 Å². The predicted molar refractivity (Wildman–Crippen MR) is 39.7 cm³/mol. The lowest BCUT2D eigenvalue weighted by molar-refractivity contribution is 0.124. The van der Waals surface area contributed by atoms with Gasteiger partial charge in [-0.25, -0.2) is 0 Å². The predicted octanol–water partition coefficient (Wildman–Crippen LogP) is 0.960. The minimum atomic E-state index is -0.299. The highest BCUT2D eigenvalue weighted by Gasteiger charge is 2.21. The summed E-state index contributed by atoms with van der Waals surface area (Å²) in [7, 11) is 0. The summed E-state index contributed by atoms with van der Waals surface area (Å²) in [6.07, 6.45) is 4.39. The molecule has 1 fully saturated rings.